The van der Waals surface area contributed by atoms with Crippen LogP contribution in [-0.2, 0) is 35.1 Å². The van der Waals surface area contributed by atoms with Gasteiger partial charge in [-0.1, -0.05) is 66.7 Å². The summed E-state index contributed by atoms with van der Waals surface area (Å²) in [6.07, 6.45) is -0.551. The van der Waals surface area contributed by atoms with Gasteiger partial charge in [0.1, 0.15) is 18.3 Å². The maximum absolute atomic E-state index is 12.0. The van der Waals surface area contributed by atoms with Gasteiger partial charge in [-0.3, -0.25) is 4.79 Å². The van der Waals surface area contributed by atoms with Gasteiger partial charge in [0.25, 0.3) is 0 Å². The van der Waals surface area contributed by atoms with Crippen LogP contribution in [0.25, 0.3) is 0 Å². The predicted octanol–water partition coefficient (Wildman–Crippen LogP) is 3.96. The lowest BCUT2D eigenvalue weighted by atomic mass is 9.92. The molecule has 6 atom stereocenters. The molecule has 0 N–H and O–H groups in total. The molecule has 31 heavy (non-hydrogen) atoms. The topological polar surface area (TPSA) is 63.2 Å². The first-order valence-corrected chi connectivity index (χ1v) is 10.6. The molecule has 0 aromatic heterocycles. The molecular formula is C25H28O6. The van der Waals surface area contributed by atoms with E-state index in [4.69, 9.17) is 23.7 Å². The molecule has 0 saturated carbocycles. The number of fused-ring (bicyclic) bond motifs is 1. The van der Waals surface area contributed by atoms with E-state index in [-0.39, 0.29) is 18.2 Å². The molecule has 2 fully saturated rings. The zero-order chi connectivity index (χ0) is 21.6. The molecule has 0 spiro atoms. The smallest absolute Gasteiger partial charge is 0.303 e. The van der Waals surface area contributed by atoms with E-state index >= 15 is 0 Å². The molecule has 0 radical (unpaired) electrons. The Bertz CT molecular complexity index is 855. The van der Waals surface area contributed by atoms with E-state index in [1.165, 1.54) is 6.92 Å². The van der Waals surface area contributed by atoms with Gasteiger partial charge in [-0.05, 0) is 12.0 Å². The first kappa shape index (κ1) is 21.7. The van der Waals surface area contributed by atoms with E-state index in [1.54, 1.807) is 6.08 Å². The Hall–Kier alpha value is -2.51. The van der Waals surface area contributed by atoms with Crippen molar-refractivity contribution in [3.05, 3.63) is 84.4 Å². The third-order valence-corrected chi connectivity index (χ3v) is 5.48. The summed E-state index contributed by atoms with van der Waals surface area (Å²) >= 11 is 0. The number of hydrogen-bond acceptors (Lipinski definition) is 6. The van der Waals surface area contributed by atoms with Crippen LogP contribution in [0.4, 0.5) is 0 Å². The van der Waals surface area contributed by atoms with E-state index < -0.39 is 24.6 Å². The third-order valence-electron chi connectivity index (χ3n) is 5.48. The van der Waals surface area contributed by atoms with Crippen LogP contribution < -0.4 is 0 Å². The van der Waals surface area contributed by atoms with E-state index in [9.17, 15) is 4.79 Å². The third kappa shape index (κ3) is 5.22. The van der Waals surface area contributed by atoms with E-state index in [0.29, 0.717) is 19.6 Å². The standard InChI is InChI=1S/C25H28O6/c1-3-10-20-22(27-15-18-11-6-4-7-12-18)24(29-17(2)26)23-21(30-20)16-28-25(31-23)19-13-8-5-9-14-19/h3-9,11-14,20-25H,1,10,15-16H2,2H3/t20-,21+,22+,23+,24+,25+/m0/s1. The van der Waals surface area contributed by atoms with Crippen molar-refractivity contribution in [1.82, 2.24) is 0 Å². The summed E-state index contributed by atoms with van der Waals surface area (Å²) in [5.41, 5.74) is 1.93. The van der Waals surface area contributed by atoms with Gasteiger partial charge >= 0.3 is 5.97 Å². The maximum Gasteiger partial charge on any atom is 0.303 e. The number of benzene rings is 2. The van der Waals surface area contributed by atoms with Crippen molar-refractivity contribution in [3.8, 4) is 0 Å². The normalized spacial score (nSPS) is 30.2. The van der Waals surface area contributed by atoms with Crippen LogP contribution in [0.15, 0.2) is 73.3 Å². The second-order valence-corrected chi connectivity index (χ2v) is 7.75. The second kappa shape index (κ2) is 10.2. The summed E-state index contributed by atoms with van der Waals surface area (Å²) in [5.74, 6) is -0.386. The van der Waals surface area contributed by atoms with Crippen LogP contribution in [0, 0.1) is 0 Å². The van der Waals surface area contributed by atoms with Gasteiger partial charge in [0.2, 0.25) is 0 Å². The quantitative estimate of drug-likeness (QED) is 0.495. The van der Waals surface area contributed by atoms with Gasteiger partial charge in [0.05, 0.1) is 19.3 Å². The Kier molecular flexibility index (Phi) is 7.14. The summed E-state index contributed by atoms with van der Waals surface area (Å²) in [4.78, 5) is 12.0. The first-order valence-electron chi connectivity index (χ1n) is 10.6. The number of carbonyl (C=O) groups is 1. The van der Waals surface area contributed by atoms with Crippen LogP contribution >= 0.6 is 0 Å². The van der Waals surface area contributed by atoms with Gasteiger partial charge in [0, 0.05) is 12.5 Å². The van der Waals surface area contributed by atoms with Crippen molar-refractivity contribution in [2.45, 2.75) is 56.8 Å². The molecule has 164 valence electrons. The van der Waals surface area contributed by atoms with E-state index in [2.05, 4.69) is 6.58 Å². The molecular weight excluding hydrogens is 396 g/mol. The molecule has 0 unspecified atom stereocenters. The highest BCUT2D eigenvalue weighted by molar-refractivity contribution is 5.66. The van der Waals surface area contributed by atoms with Crippen molar-refractivity contribution in [2.24, 2.45) is 0 Å². The van der Waals surface area contributed by atoms with Crippen LogP contribution in [0.2, 0.25) is 0 Å². The van der Waals surface area contributed by atoms with Crippen molar-refractivity contribution in [2.75, 3.05) is 6.61 Å². The van der Waals surface area contributed by atoms with Crippen LogP contribution in [0.3, 0.4) is 0 Å². The second-order valence-electron chi connectivity index (χ2n) is 7.75. The Morgan fingerprint density at radius 1 is 1.06 bits per heavy atom. The van der Waals surface area contributed by atoms with Gasteiger partial charge in [-0.2, -0.15) is 0 Å². The summed E-state index contributed by atoms with van der Waals surface area (Å²) < 4.78 is 30.5. The Balaban J connectivity index is 1.57. The lowest BCUT2D eigenvalue weighted by Crippen LogP contribution is -2.63. The monoisotopic (exact) mass is 424 g/mol. The minimum Gasteiger partial charge on any atom is -0.457 e. The molecule has 0 aliphatic carbocycles. The number of hydrogen-bond donors (Lipinski definition) is 0. The summed E-state index contributed by atoms with van der Waals surface area (Å²) in [6, 6.07) is 19.6. The number of rotatable bonds is 7. The summed E-state index contributed by atoms with van der Waals surface area (Å²) in [5, 5.41) is 0. The molecule has 0 amide bonds. The first-order chi connectivity index (χ1) is 15.2. The predicted molar refractivity (Wildman–Crippen MR) is 114 cm³/mol. The average Bonchev–Trinajstić information content (AvgIpc) is 2.79. The summed E-state index contributed by atoms with van der Waals surface area (Å²) in [6.45, 7) is 5.95. The van der Waals surface area contributed by atoms with Crippen LogP contribution in [-0.4, -0.2) is 43.1 Å². The molecule has 2 aromatic rings. The zero-order valence-electron chi connectivity index (χ0n) is 17.6. The lowest BCUT2D eigenvalue weighted by Gasteiger charge is -2.48. The Morgan fingerprint density at radius 3 is 2.45 bits per heavy atom. The van der Waals surface area contributed by atoms with Gasteiger partial charge in [-0.15, -0.1) is 6.58 Å². The molecule has 4 rings (SSSR count). The number of ether oxygens (including phenoxy) is 5. The van der Waals surface area contributed by atoms with Crippen molar-refractivity contribution >= 4 is 5.97 Å². The Labute approximate surface area is 182 Å². The average molecular weight is 424 g/mol. The van der Waals surface area contributed by atoms with Gasteiger partial charge in [-0.25, -0.2) is 0 Å². The fourth-order valence-electron chi connectivity index (χ4n) is 4.09. The highest BCUT2D eigenvalue weighted by Gasteiger charge is 2.51. The fraction of sp³-hybridized carbons (Fsp3) is 0.400. The SMILES string of the molecule is C=CC[C@@H]1O[C@@H]2CO[C@@H](c3ccccc3)O[C@H]2[C@H](OC(C)=O)[C@@H]1OCc1ccccc1. The highest BCUT2D eigenvalue weighted by Crippen LogP contribution is 2.37. The number of esters is 1. The van der Waals surface area contributed by atoms with Crippen molar-refractivity contribution < 1.29 is 28.5 Å². The molecule has 6 nitrogen and oxygen atoms in total. The van der Waals surface area contributed by atoms with Crippen LogP contribution in [0.5, 0.6) is 0 Å². The van der Waals surface area contributed by atoms with E-state index in [1.807, 2.05) is 60.7 Å². The zero-order valence-corrected chi connectivity index (χ0v) is 17.6. The lowest BCUT2D eigenvalue weighted by molar-refractivity contribution is -0.333. The summed E-state index contributed by atoms with van der Waals surface area (Å²) in [7, 11) is 0. The fourth-order valence-corrected chi connectivity index (χ4v) is 4.09. The number of carbonyl (C=O) groups excluding carboxylic acids is 1. The minimum absolute atomic E-state index is 0.327. The van der Waals surface area contributed by atoms with Crippen molar-refractivity contribution in [1.29, 1.82) is 0 Å². The van der Waals surface area contributed by atoms with Crippen LogP contribution in [0.1, 0.15) is 30.8 Å². The molecule has 2 aliphatic rings. The minimum atomic E-state index is -0.625. The highest BCUT2D eigenvalue weighted by atomic mass is 16.7. The van der Waals surface area contributed by atoms with Crippen molar-refractivity contribution in [3.63, 3.8) is 0 Å². The molecule has 2 aliphatic heterocycles. The van der Waals surface area contributed by atoms with Gasteiger partial charge in [0.15, 0.2) is 12.4 Å². The molecule has 6 heteroatoms. The molecule has 2 heterocycles. The van der Waals surface area contributed by atoms with E-state index in [0.717, 1.165) is 11.1 Å². The molecule has 0 bridgehead atoms. The Morgan fingerprint density at radius 2 is 1.77 bits per heavy atom. The maximum atomic E-state index is 12.0. The molecule has 2 aromatic carbocycles. The largest absolute Gasteiger partial charge is 0.457 e. The molecule has 2 saturated heterocycles. The van der Waals surface area contributed by atoms with Gasteiger partial charge < -0.3 is 23.7 Å².